The molecular weight excluding hydrogens is 362 g/mol. The molecular formula is C20H21N3O3S. The van der Waals surface area contributed by atoms with Crippen LogP contribution < -0.4 is 11.1 Å². The van der Waals surface area contributed by atoms with Gasteiger partial charge in [-0.3, -0.25) is 9.59 Å². The SMILES string of the molecule is Cc1cc(C)c2c(CC(=O)Nc3sc4c(c3C(N)=O)CCCC4)noc2c1. The quantitative estimate of drug-likeness (QED) is 0.718. The van der Waals surface area contributed by atoms with E-state index in [2.05, 4.69) is 10.5 Å². The molecule has 6 nitrogen and oxygen atoms in total. The van der Waals surface area contributed by atoms with E-state index in [0.29, 0.717) is 21.8 Å². The molecule has 0 spiro atoms. The number of primary amides is 1. The van der Waals surface area contributed by atoms with Crippen molar-refractivity contribution in [1.82, 2.24) is 5.16 Å². The molecule has 0 fully saturated rings. The van der Waals surface area contributed by atoms with E-state index >= 15 is 0 Å². The minimum absolute atomic E-state index is 0.0810. The van der Waals surface area contributed by atoms with Gasteiger partial charge >= 0.3 is 0 Å². The lowest BCUT2D eigenvalue weighted by Gasteiger charge is -2.11. The van der Waals surface area contributed by atoms with E-state index in [-0.39, 0.29) is 12.3 Å². The van der Waals surface area contributed by atoms with Crippen LogP contribution in [0, 0.1) is 13.8 Å². The molecule has 27 heavy (non-hydrogen) atoms. The number of nitrogens with two attached hydrogens (primary N) is 1. The number of hydrogen-bond acceptors (Lipinski definition) is 5. The number of thiophene rings is 1. The van der Waals surface area contributed by atoms with Crippen molar-refractivity contribution in [1.29, 1.82) is 0 Å². The smallest absolute Gasteiger partial charge is 0.251 e. The van der Waals surface area contributed by atoms with Gasteiger partial charge in [-0.15, -0.1) is 11.3 Å². The van der Waals surface area contributed by atoms with Gasteiger partial charge in [0.2, 0.25) is 5.91 Å². The Hall–Kier alpha value is -2.67. The standard InChI is InChI=1S/C20H21N3O3S/c1-10-7-11(2)17-13(23-26-14(17)8-10)9-16(24)22-20-18(19(21)25)12-5-3-4-6-15(12)27-20/h7-8H,3-6,9H2,1-2H3,(H2,21,25)(H,22,24). The van der Waals surface area contributed by atoms with E-state index in [9.17, 15) is 9.59 Å². The van der Waals surface area contributed by atoms with Gasteiger partial charge in [0, 0.05) is 10.3 Å². The van der Waals surface area contributed by atoms with Gasteiger partial charge < -0.3 is 15.6 Å². The molecule has 0 radical (unpaired) electrons. The zero-order valence-electron chi connectivity index (χ0n) is 15.3. The lowest BCUT2D eigenvalue weighted by Crippen LogP contribution is -2.19. The van der Waals surface area contributed by atoms with Gasteiger partial charge in [-0.25, -0.2) is 0 Å². The highest BCUT2D eigenvalue weighted by molar-refractivity contribution is 7.17. The van der Waals surface area contributed by atoms with Crippen LogP contribution in [0.25, 0.3) is 11.0 Å². The highest BCUT2D eigenvalue weighted by atomic mass is 32.1. The number of amides is 2. The molecule has 4 rings (SSSR count). The van der Waals surface area contributed by atoms with Gasteiger partial charge in [0.05, 0.1) is 12.0 Å². The number of nitrogens with one attached hydrogen (secondary N) is 1. The fraction of sp³-hybridized carbons (Fsp3) is 0.350. The first-order valence-electron chi connectivity index (χ1n) is 9.03. The minimum atomic E-state index is -0.483. The molecule has 3 N–H and O–H groups in total. The fourth-order valence-corrected chi connectivity index (χ4v) is 5.19. The zero-order valence-corrected chi connectivity index (χ0v) is 16.2. The number of aryl methyl sites for hydroxylation is 3. The van der Waals surface area contributed by atoms with E-state index in [4.69, 9.17) is 10.3 Å². The third kappa shape index (κ3) is 3.23. The molecule has 1 aromatic carbocycles. The van der Waals surface area contributed by atoms with E-state index in [1.54, 1.807) is 0 Å². The number of nitrogens with zero attached hydrogens (tertiary/aromatic N) is 1. The first-order valence-corrected chi connectivity index (χ1v) is 9.85. The summed E-state index contributed by atoms with van der Waals surface area (Å²) in [5, 5.41) is 8.38. The number of benzene rings is 1. The average Bonchev–Trinajstić information content (AvgIpc) is 3.15. The van der Waals surface area contributed by atoms with Crippen LogP contribution >= 0.6 is 11.3 Å². The highest BCUT2D eigenvalue weighted by Crippen LogP contribution is 2.38. The van der Waals surface area contributed by atoms with Crippen LogP contribution in [0.2, 0.25) is 0 Å². The number of anilines is 1. The molecule has 0 bridgehead atoms. The lowest BCUT2D eigenvalue weighted by molar-refractivity contribution is -0.115. The first-order chi connectivity index (χ1) is 12.9. The molecule has 2 aromatic heterocycles. The normalized spacial score (nSPS) is 13.6. The van der Waals surface area contributed by atoms with Crippen LogP contribution in [0.15, 0.2) is 16.7 Å². The summed E-state index contributed by atoms with van der Waals surface area (Å²) in [6.07, 6.45) is 4.00. The maximum Gasteiger partial charge on any atom is 0.251 e. The summed E-state index contributed by atoms with van der Waals surface area (Å²) >= 11 is 1.46. The predicted molar refractivity (Wildman–Crippen MR) is 105 cm³/mol. The van der Waals surface area contributed by atoms with Gasteiger partial charge in [-0.2, -0.15) is 0 Å². The van der Waals surface area contributed by atoms with Crippen molar-refractivity contribution in [3.05, 3.63) is 45.0 Å². The summed E-state index contributed by atoms with van der Waals surface area (Å²) in [5.41, 5.74) is 10.5. The maximum absolute atomic E-state index is 12.7. The van der Waals surface area contributed by atoms with Crippen LogP contribution in [-0.4, -0.2) is 17.0 Å². The zero-order chi connectivity index (χ0) is 19.1. The van der Waals surface area contributed by atoms with Crippen molar-refractivity contribution >= 4 is 39.1 Å². The molecule has 0 atom stereocenters. The summed E-state index contributed by atoms with van der Waals surface area (Å²) < 4.78 is 5.39. The second-order valence-corrected chi connectivity index (χ2v) is 8.19. The number of carbonyl (C=O) groups excluding carboxylic acids is 2. The number of aromatic nitrogens is 1. The van der Waals surface area contributed by atoms with E-state index < -0.39 is 5.91 Å². The molecule has 140 valence electrons. The van der Waals surface area contributed by atoms with Crippen molar-refractivity contribution in [2.24, 2.45) is 5.73 Å². The average molecular weight is 383 g/mol. The Morgan fingerprint density at radius 2 is 2.04 bits per heavy atom. The Labute approximate surface area is 160 Å². The number of carbonyl (C=O) groups is 2. The summed E-state index contributed by atoms with van der Waals surface area (Å²) in [7, 11) is 0. The molecule has 3 aromatic rings. The van der Waals surface area contributed by atoms with Crippen molar-refractivity contribution < 1.29 is 14.1 Å². The molecule has 2 heterocycles. The van der Waals surface area contributed by atoms with Crippen molar-refractivity contribution in [2.75, 3.05) is 5.32 Å². The molecule has 0 aliphatic heterocycles. The Morgan fingerprint density at radius 1 is 1.26 bits per heavy atom. The molecule has 7 heteroatoms. The molecule has 1 aliphatic rings. The Kier molecular flexibility index (Phi) is 4.47. The molecule has 1 aliphatic carbocycles. The maximum atomic E-state index is 12.7. The fourth-order valence-electron chi connectivity index (χ4n) is 3.88. The van der Waals surface area contributed by atoms with Crippen LogP contribution in [0.4, 0.5) is 5.00 Å². The number of rotatable bonds is 4. The molecule has 0 unspecified atom stereocenters. The van der Waals surface area contributed by atoms with Crippen LogP contribution in [0.3, 0.4) is 0 Å². The second kappa shape index (κ2) is 6.81. The monoisotopic (exact) mass is 383 g/mol. The van der Waals surface area contributed by atoms with Gasteiger partial charge in [0.1, 0.15) is 10.7 Å². The topological polar surface area (TPSA) is 98.2 Å². The Morgan fingerprint density at radius 3 is 2.81 bits per heavy atom. The third-order valence-electron chi connectivity index (χ3n) is 4.99. The van der Waals surface area contributed by atoms with E-state index in [1.807, 2.05) is 26.0 Å². The predicted octanol–water partition coefficient (Wildman–Crippen LogP) is 3.67. The van der Waals surface area contributed by atoms with Gasteiger partial charge in [0.15, 0.2) is 5.58 Å². The van der Waals surface area contributed by atoms with Crippen LogP contribution in [0.5, 0.6) is 0 Å². The summed E-state index contributed by atoms with van der Waals surface area (Å²) in [6, 6.07) is 3.95. The van der Waals surface area contributed by atoms with Crippen molar-refractivity contribution in [3.63, 3.8) is 0 Å². The third-order valence-corrected chi connectivity index (χ3v) is 6.19. The second-order valence-electron chi connectivity index (χ2n) is 7.09. The summed E-state index contributed by atoms with van der Waals surface area (Å²) in [6.45, 7) is 3.97. The summed E-state index contributed by atoms with van der Waals surface area (Å²) in [5.74, 6) is -0.714. The molecule has 2 amide bonds. The molecule has 0 saturated heterocycles. The summed E-state index contributed by atoms with van der Waals surface area (Å²) in [4.78, 5) is 25.8. The van der Waals surface area contributed by atoms with Crippen molar-refractivity contribution in [2.45, 2.75) is 46.0 Å². The van der Waals surface area contributed by atoms with Crippen molar-refractivity contribution in [3.8, 4) is 0 Å². The minimum Gasteiger partial charge on any atom is -0.365 e. The Bertz CT molecular complexity index is 1060. The van der Waals surface area contributed by atoms with E-state index in [0.717, 1.165) is 52.6 Å². The van der Waals surface area contributed by atoms with Gasteiger partial charge in [-0.1, -0.05) is 11.2 Å². The number of hydrogen-bond donors (Lipinski definition) is 2. The van der Waals surface area contributed by atoms with Gasteiger partial charge in [0.25, 0.3) is 5.91 Å². The van der Waals surface area contributed by atoms with Gasteiger partial charge in [-0.05, 0) is 62.3 Å². The Balaban J connectivity index is 1.61. The number of fused-ring (bicyclic) bond motifs is 2. The molecule has 0 saturated carbocycles. The van der Waals surface area contributed by atoms with Crippen LogP contribution in [-0.2, 0) is 24.1 Å². The van der Waals surface area contributed by atoms with Crippen LogP contribution in [0.1, 0.15) is 50.5 Å². The lowest BCUT2D eigenvalue weighted by atomic mass is 9.95. The van der Waals surface area contributed by atoms with E-state index in [1.165, 1.54) is 11.3 Å². The highest BCUT2D eigenvalue weighted by Gasteiger charge is 2.25. The largest absolute Gasteiger partial charge is 0.365 e. The first kappa shape index (κ1) is 17.7.